The van der Waals surface area contributed by atoms with Crippen molar-refractivity contribution in [3.8, 4) is 5.75 Å². The van der Waals surface area contributed by atoms with Gasteiger partial charge in [-0.25, -0.2) is 0 Å². The Hall–Kier alpha value is -1.55. The molecule has 1 rings (SSSR count). The van der Waals surface area contributed by atoms with Gasteiger partial charge in [-0.1, -0.05) is 12.1 Å². The molecule has 1 unspecified atom stereocenters. The van der Waals surface area contributed by atoms with Gasteiger partial charge < -0.3 is 15.8 Å². The maximum atomic E-state index is 11.7. The molecule has 3 N–H and O–H groups in total. The molecule has 1 aromatic carbocycles. The lowest BCUT2D eigenvalue weighted by Crippen LogP contribution is -2.26. The molecule has 0 saturated carbocycles. The second kappa shape index (κ2) is 7.71. The molecule has 0 fully saturated rings. The van der Waals surface area contributed by atoms with Gasteiger partial charge in [0, 0.05) is 6.42 Å². The van der Waals surface area contributed by atoms with Crippen LogP contribution < -0.4 is 15.8 Å². The van der Waals surface area contributed by atoms with Gasteiger partial charge in [0.05, 0.1) is 13.2 Å². The first-order valence-electron chi connectivity index (χ1n) is 6.30. The standard InChI is InChI=1S/C14H22N2O2/c1-11(16-14(17)8-3-4-9-15)12-6-5-7-13(10-12)18-2/h5-7,10-11H,3-4,8-9,15H2,1-2H3,(H,16,17). The van der Waals surface area contributed by atoms with E-state index in [1.54, 1.807) is 7.11 Å². The third-order valence-corrected chi connectivity index (χ3v) is 2.83. The van der Waals surface area contributed by atoms with Crippen LogP contribution in [0.1, 0.15) is 37.8 Å². The maximum Gasteiger partial charge on any atom is 0.220 e. The van der Waals surface area contributed by atoms with Crippen molar-refractivity contribution >= 4 is 5.91 Å². The Balaban J connectivity index is 2.48. The smallest absolute Gasteiger partial charge is 0.220 e. The fourth-order valence-corrected chi connectivity index (χ4v) is 1.74. The summed E-state index contributed by atoms with van der Waals surface area (Å²) in [7, 11) is 1.63. The number of rotatable bonds is 7. The molecule has 1 aromatic rings. The van der Waals surface area contributed by atoms with Gasteiger partial charge in [0.2, 0.25) is 5.91 Å². The predicted molar refractivity (Wildman–Crippen MR) is 72.5 cm³/mol. The zero-order chi connectivity index (χ0) is 13.4. The Morgan fingerprint density at radius 2 is 2.22 bits per heavy atom. The van der Waals surface area contributed by atoms with Gasteiger partial charge in [-0.3, -0.25) is 4.79 Å². The Bertz CT molecular complexity index is 380. The summed E-state index contributed by atoms with van der Waals surface area (Å²) >= 11 is 0. The largest absolute Gasteiger partial charge is 0.497 e. The van der Waals surface area contributed by atoms with Crippen LogP contribution in [-0.2, 0) is 4.79 Å². The summed E-state index contributed by atoms with van der Waals surface area (Å²) in [6, 6.07) is 7.72. The number of amides is 1. The molecule has 0 radical (unpaired) electrons. The highest BCUT2D eigenvalue weighted by atomic mass is 16.5. The van der Waals surface area contributed by atoms with E-state index in [0.717, 1.165) is 24.2 Å². The number of hydrogen-bond acceptors (Lipinski definition) is 3. The van der Waals surface area contributed by atoms with E-state index in [1.165, 1.54) is 0 Å². The normalized spacial score (nSPS) is 11.9. The van der Waals surface area contributed by atoms with Crippen molar-refractivity contribution in [1.82, 2.24) is 5.32 Å². The molecule has 1 amide bonds. The van der Waals surface area contributed by atoms with Gasteiger partial charge in [-0.2, -0.15) is 0 Å². The SMILES string of the molecule is COc1cccc(C(C)NC(=O)CCCCN)c1. The molecule has 0 saturated heterocycles. The number of nitrogens with one attached hydrogen (secondary N) is 1. The van der Waals surface area contributed by atoms with Crippen molar-refractivity contribution in [2.24, 2.45) is 5.73 Å². The number of methoxy groups -OCH3 is 1. The zero-order valence-corrected chi connectivity index (χ0v) is 11.1. The highest BCUT2D eigenvalue weighted by Crippen LogP contribution is 2.18. The summed E-state index contributed by atoms with van der Waals surface area (Å²) in [6.45, 7) is 2.61. The summed E-state index contributed by atoms with van der Waals surface area (Å²) in [6.07, 6.45) is 2.26. The molecule has 0 spiro atoms. The van der Waals surface area contributed by atoms with Gasteiger partial charge in [-0.05, 0) is 44.0 Å². The van der Waals surface area contributed by atoms with Crippen LogP contribution in [0.5, 0.6) is 5.75 Å². The molecule has 4 heteroatoms. The van der Waals surface area contributed by atoms with Crippen molar-refractivity contribution in [1.29, 1.82) is 0 Å². The van der Waals surface area contributed by atoms with Crippen molar-refractivity contribution in [2.45, 2.75) is 32.2 Å². The Morgan fingerprint density at radius 3 is 2.89 bits per heavy atom. The van der Waals surface area contributed by atoms with Gasteiger partial charge in [0.15, 0.2) is 0 Å². The highest BCUT2D eigenvalue weighted by molar-refractivity contribution is 5.76. The summed E-state index contributed by atoms with van der Waals surface area (Å²) in [5.41, 5.74) is 6.44. The van der Waals surface area contributed by atoms with E-state index in [-0.39, 0.29) is 11.9 Å². The average Bonchev–Trinajstić information content (AvgIpc) is 2.39. The topological polar surface area (TPSA) is 64.3 Å². The first-order chi connectivity index (χ1) is 8.67. The van der Waals surface area contributed by atoms with Gasteiger partial charge in [0.1, 0.15) is 5.75 Å². The molecule has 0 aliphatic carbocycles. The minimum atomic E-state index is -0.00882. The third-order valence-electron chi connectivity index (χ3n) is 2.83. The van der Waals surface area contributed by atoms with E-state index in [1.807, 2.05) is 31.2 Å². The second-order valence-corrected chi connectivity index (χ2v) is 4.31. The van der Waals surface area contributed by atoms with E-state index in [0.29, 0.717) is 13.0 Å². The minimum absolute atomic E-state index is 0.00882. The lowest BCUT2D eigenvalue weighted by atomic mass is 10.1. The Labute approximate surface area is 109 Å². The van der Waals surface area contributed by atoms with E-state index in [9.17, 15) is 4.79 Å². The monoisotopic (exact) mass is 250 g/mol. The van der Waals surface area contributed by atoms with Crippen molar-refractivity contribution < 1.29 is 9.53 Å². The molecule has 0 aliphatic heterocycles. The number of carbonyl (C=O) groups is 1. The number of nitrogens with two attached hydrogens (primary N) is 1. The molecule has 0 bridgehead atoms. The molecule has 1 atom stereocenters. The van der Waals surface area contributed by atoms with Crippen LogP contribution in [0.2, 0.25) is 0 Å². The number of carbonyl (C=O) groups excluding carboxylic acids is 1. The fraction of sp³-hybridized carbons (Fsp3) is 0.500. The summed E-state index contributed by atoms with van der Waals surface area (Å²) < 4.78 is 5.16. The summed E-state index contributed by atoms with van der Waals surface area (Å²) in [5.74, 6) is 0.871. The van der Waals surface area contributed by atoms with E-state index in [4.69, 9.17) is 10.5 Å². The maximum absolute atomic E-state index is 11.7. The lowest BCUT2D eigenvalue weighted by Gasteiger charge is -2.15. The Kier molecular flexibility index (Phi) is 6.22. The number of ether oxygens (including phenoxy) is 1. The van der Waals surface area contributed by atoms with E-state index < -0.39 is 0 Å². The number of hydrogen-bond donors (Lipinski definition) is 2. The number of benzene rings is 1. The average molecular weight is 250 g/mol. The molecular weight excluding hydrogens is 228 g/mol. The van der Waals surface area contributed by atoms with Crippen LogP contribution in [0.3, 0.4) is 0 Å². The van der Waals surface area contributed by atoms with Gasteiger partial charge >= 0.3 is 0 Å². The van der Waals surface area contributed by atoms with Crippen LogP contribution in [-0.4, -0.2) is 19.6 Å². The van der Waals surface area contributed by atoms with Crippen LogP contribution in [0, 0.1) is 0 Å². The Morgan fingerprint density at radius 1 is 1.44 bits per heavy atom. The second-order valence-electron chi connectivity index (χ2n) is 4.31. The molecular formula is C14H22N2O2. The van der Waals surface area contributed by atoms with Crippen LogP contribution in [0.4, 0.5) is 0 Å². The molecule has 0 heterocycles. The van der Waals surface area contributed by atoms with E-state index >= 15 is 0 Å². The predicted octanol–water partition coefficient (Wildman–Crippen LogP) is 2.00. The molecule has 100 valence electrons. The van der Waals surface area contributed by atoms with Crippen LogP contribution >= 0.6 is 0 Å². The number of unbranched alkanes of at least 4 members (excludes halogenated alkanes) is 1. The summed E-state index contributed by atoms with van der Waals surface area (Å²) in [4.78, 5) is 11.7. The van der Waals surface area contributed by atoms with Crippen molar-refractivity contribution in [3.05, 3.63) is 29.8 Å². The molecule has 4 nitrogen and oxygen atoms in total. The summed E-state index contributed by atoms with van der Waals surface area (Å²) in [5, 5.41) is 2.97. The zero-order valence-electron chi connectivity index (χ0n) is 11.1. The van der Waals surface area contributed by atoms with E-state index in [2.05, 4.69) is 5.32 Å². The van der Waals surface area contributed by atoms with Crippen LogP contribution in [0.15, 0.2) is 24.3 Å². The molecule has 0 aromatic heterocycles. The minimum Gasteiger partial charge on any atom is -0.497 e. The van der Waals surface area contributed by atoms with Crippen molar-refractivity contribution in [3.63, 3.8) is 0 Å². The van der Waals surface area contributed by atoms with Gasteiger partial charge in [0.25, 0.3) is 0 Å². The van der Waals surface area contributed by atoms with Gasteiger partial charge in [-0.15, -0.1) is 0 Å². The lowest BCUT2D eigenvalue weighted by molar-refractivity contribution is -0.121. The van der Waals surface area contributed by atoms with Crippen molar-refractivity contribution in [2.75, 3.05) is 13.7 Å². The highest BCUT2D eigenvalue weighted by Gasteiger charge is 2.09. The first kappa shape index (κ1) is 14.5. The van der Waals surface area contributed by atoms with Crippen LogP contribution in [0.25, 0.3) is 0 Å². The first-order valence-corrected chi connectivity index (χ1v) is 6.30. The third kappa shape index (κ3) is 4.75. The molecule has 18 heavy (non-hydrogen) atoms. The quantitative estimate of drug-likeness (QED) is 0.727. The molecule has 0 aliphatic rings. The fourth-order valence-electron chi connectivity index (χ4n) is 1.74.